The van der Waals surface area contributed by atoms with Crippen molar-refractivity contribution >= 4 is 11.7 Å². The maximum atomic E-state index is 12.2. The fraction of sp³-hybridized carbons (Fsp3) is 0.533. The van der Waals surface area contributed by atoms with Crippen molar-refractivity contribution in [2.75, 3.05) is 18.5 Å². The maximum Gasteiger partial charge on any atom is 0.319 e. The number of alkyl halides is 2. The van der Waals surface area contributed by atoms with Crippen molar-refractivity contribution in [3.8, 4) is 5.75 Å². The average Bonchev–Trinajstić information content (AvgIpc) is 2.46. The summed E-state index contributed by atoms with van der Waals surface area (Å²) in [5, 5.41) is 14.4. The molecule has 1 unspecified atom stereocenters. The molecule has 7 heteroatoms. The Morgan fingerprint density at radius 2 is 2.09 bits per heavy atom. The highest BCUT2D eigenvalue weighted by molar-refractivity contribution is 5.91. The predicted octanol–water partition coefficient (Wildman–Crippen LogP) is 3.00. The topological polar surface area (TPSA) is 70.6 Å². The first-order valence-electron chi connectivity index (χ1n) is 7.10. The zero-order valence-electron chi connectivity index (χ0n) is 12.7. The first-order valence-corrected chi connectivity index (χ1v) is 7.10. The summed E-state index contributed by atoms with van der Waals surface area (Å²) in [6.07, 6.45) is -1.53. The Balaban J connectivity index is 2.71. The summed E-state index contributed by atoms with van der Waals surface area (Å²) in [4.78, 5) is 12.0. The molecule has 1 aromatic carbocycles. The second-order valence-corrected chi connectivity index (χ2v) is 5.17. The molecular weight excluding hydrogens is 294 g/mol. The zero-order valence-corrected chi connectivity index (χ0v) is 12.7. The van der Waals surface area contributed by atoms with E-state index in [0.717, 1.165) is 0 Å². The van der Waals surface area contributed by atoms with Crippen molar-refractivity contribution in [1.82, 2.24) is 5.32 Å². The lowest BCUT2D eigenvalue weighted by molar-refractivity contribution is 0.0823. The van der Waals surface area contributed by atoms with Crippen LogP contribution >= 0.6 is 0 Å². The molecular formula is C15H22F2N2O3. The van der Waals surface area contributed by atoms with E-state index in [0.29, 0.717) is 18.5 Å². The van der Waals surface area contributed by atoms with Gasteiger partial charge in [0.1, 0.15) is 12.4 Å². The van der Waals surface area contributed by atoms with Crippen LogP contribution in [-0.2, 0) is 0 Å². The normalized spacial score (nSPS) is 13.5. The van der Waals surface area contributed by atoms with Crippen LogP contribution in [0.25, 0.3) is 0 Å². The summed E-state index contributed by atoms with van der Waals surface area (Å²) in [6.45, 7) is 2.94. The van der Waals surface area contributed by atoms with E-state index < -0.39 is 24.6 Å². The van der Waals surface area contributed by atoms with Gasteiger partial charge in [0.25, 0.3) is 6.43 Å². The third kappa shape index (κ3) is 5.85. The van der Waals surface area contributed by atoms with E-state index in [2.05, 4.69) is 10.6 Å². The van der Waals surface area contributed by atoms with Crippen molar-refractivity contribution in [2.24, 2.45) is 0 Å². The van der Waals surface area contributed by atoms with Crippen LogP contribution in [0.1, 0.15) is 26.7 Å². The molecule has 124 valence electrons. The smallest absolute Gasteiger partial charge is 0.319 e. The molecule has 0 aliphatic heterocycles. The highest BCUT2D eigenvalue weighted by Crippen LogP contribution is 2.24. The monoisotopic (exact) mass is 316 g/mol. The molecule has 0 bridgehead atoms. The van der Waals surface area contributed by atoms with E-state index >= 15 is 0 Å². The molecule has 0 aromatic heterocycles. The molecule has 1 atom stereocenters. The van der Waals surface area contributed by atoms with Gasteiger partial charge in [-0.05, 0) is 31.9 Å². The third-order valence-electron chi connectivity index (χ3n) is 3.36. The summed E-state index contributed by atoms with van der Waals surface area (Å²) >= 11 is 0. The van der Waals surface area contributed by atoms with Crippen LogP contribution in [0.3, 0.4) is 0 Å². The van der Waals surface area contributed by atoms with Crippen LogP contribution < -0.4 is 15.4 Å². The van der Waals surface area contributed by atoms with Gasteiger partial charge < -0.3 is 20.5 Å². The molecule has 1 aromatic rings. The van der Waals surface area contributed by atoms with Crippen molar-refractivity contribution in [2.45, 2.75) is 38.7 Å². The minimum absolute atomic E-state index is 0.0429. The van der Waals surface area contributed by atoms with Crippen LogP contribution in [0.2, 0.25) is 0 Å². The number of hydrogen-bond acceptors (Lipinski definition) is 3. The van der Waals surface area contributed by atoms with E-state index in [9.17, 15) is 13.6 Å². The Morgan fingerprint density at radius 1 is 1.41 bits per heavy atom. The molecule has 0 saturated heterocycles. The minimum atomic E-state index is -2.59. The number of halogens is 2. The number of carbonyl (C=O) groups is 1. The van der Waals surface area contributed by atoms with Gasteiger partial charge in [0.05, 0.1) is 5.69 Å². The molecule has 0 radical (unpaired) electrons. The van der Waals surface area contributed by atoms with Crippen molar-refractivity contribution in [3.05, 3.63) is 24.3 Å². The number of ether oxygens (including phenoxy) is 1. The first-order chi connectivity index (χ1) is 10.4. The first kappa shape index (κ1) is 18.2. The summed E-state index contributed by atoms with van der Waals surface area (Å²) in [7, 11) is 0. The summed E-state index contributed by atoms with van der Waals surface area (Å²) in [6, 6.07) is 5.88. The number of carbonyl (C=O) groups excluding carboxylic acids is 1. The highest BCUT2D eigenvalue weighted by atomic mass is 19.3. The number of nitrogens with one attached hydrogen (secondary N) is 2. The van der Waals surface area contributed by atoms with Gasteiger partial charge in [-0.15, -0.1) is 0 Å². The Labute approximate surface area is 128 Å². The Bertz CT molecular complexity index is 486. The van der Waals surface area contributed by atoms with Gasteiger partial charge in [-0.2, -0.15) is 0 Å². The number of benzene rings is 1. The van der Waals surface area contributed by atoms with Gasteiger partial charge in [0.15, 0.2) is 0 Å². The lowest BCUT2D eigenvalue weighted by Crippen LogP contribution is -2.48. The summed E-state index contributed by atoms with van der Waals surface area (Å²) < 4.78 is 29.4. The number of aliphatic hydroxyl groups excluding tert-OH is 1. The highest BCUT2D eigenvalue weighted by Gasteiger charge is 2.24. The SMILES string of the molecule is CCC(C)(CCO)NC(=O)Nc1ccccc1OCC(F)F. The quantitative estimate of drug-likeness (QED) is 0.690. The van der Waals surface area contributed by atoms with Crippen molar-refractivity contribution < 1.29 is 23.4 Å². The number of amides is 2. The van der Waals surface area contributed by atoms with Crippen LogP contribution in [0.4, 0.5) is 19.3 Å². The molecule has 1 rings (SSSR count). The van der Waals surface area contributed by atoms with Gasteiger partial charge in [-0.3, -0.25) is 0 Å². The van der Waals surface area contributed by atoms with E-state index in [4.69, 9.17) is 9.84 Å². The Hall–Kier alpha value is -1.89. The molecule has 0 aliphatic rings. The van der Waals surface area contributed by atoms with Gasteiger partial charge in [0, 0.05) is 12.1 Å². The van der Waals surface area contributed by atoms with Gasteiger partial charge >= 0.3 is 6.03 Å². The molecule has 2 amide bonds. The molecule has 5 nitrogen and oxygen atoms in total. The number of hydrogen-bond donors (Lipinski definition) is 3. The average molecular weight is 316 g/mol. The van der Waals surface area contributed by atoms with Gasteiger partial charge in [-0.1, -0.05) is 19.1 Å². The lowest BCUT2D eigenvalue weighted by atomic mass is 9.95. The molecule has 0 heterocycles. The fourth-order valence-electron chi connectivity index (χ4n) is 1.85. The number of urea groups is 1. The zero-order chi connectivity index (χ0) is 16.6. The second-order valence-electron chi connectivity index (χ2n) is 5.17. The van der Waals surface area contributed by atoms with Crippen molar-refractivity contribution in [1.29, 1.82) is 0 Å². The van der Waals surface area contributed by atoms with Crippen LogP contribution in [0.15, 0.2) is 24.3 Å². The Morgan fingerprint density at radius 3 is 2.68 bits per heavy atom. The molecule has 0 fully saturated rings. The summed E-state index contributed by atoms with van der Waals surface area (Å²) in [5.41, 5.74) is -0.236. The lowest BCUT2D eigenvalue weighted by Gasteiger charge is -2.29. The number of rotatable bonds is 8. The molecule has 0 spiro atoms. The minimum Gasteiger partial charge on any atom is -0.485 e. The molecule has 0 saturated carbocycles. The standard InChI is InChI=1S/C15H22F2N2O3/c1-3-15(2,8-9-20)19-14(21)18-11-6-4-5-7-12(11)22-10-13(16)17/h4-7,13,20H,3,8-10H2,1-2H3,(H2,18,19,21). The van der Waals surface area contributed by atoms with Gasteiger partial charge in [0.2, 0.25) is 0 Å². The molecule has 0 aliphatic carbocycles. The number of aliphatic hydroxyl groups is 1. The fourth-order valence-corrected chi connectivity index (χ4v) is 1.85. The third-order valence-corrected chi connectivity index (χ3v) is 3.36. The number of anilines is 1. The molecule has 22 heavy (non-hydrogen) atoms. The molecule has 3 N–H and O–H groups in total. The predicted molar refractivity (Wildman–Crippen MR) is 80.5 cm³/mol. The van der Waals surface area contributed by atoms with E-state index in [1.807, 2.05) is 13.8 Å². The van der Waals surface area contributed by atoms with Crippen molar-refractivity contribution in [3.63, 3.8) is 0 Å². The summed E-state index contributed by atoms with van der Waals surface area (Å²) in [5.74, 6) is 0.179. The van der Waals surface area contributed by atoms with E-state index in [-0.39, 0.29) is 12.4 Å². The van der Waals surface area contributed by atoms with Crippen LogP contribution in [-0.4, -0.2) is 36.3 Å². The largest absolute Gasteiger partial charge is 0.485 e. The van der Waals surface area contributed by atoms with E-state index in [1.54, 1.807) is 18.2 Å². The van der Waals surface area contributed by atoms with Crippen LogP contribution in [0, 0.1) is 0 Å². The number of para-hydroxylation sites is 2. The maximum absolute atomic E-state index is 12.2. The van der Waals surface area contributed by atoms with Crippen LogP contribution in [0.5, 0.6) is 5.75 Å². The van der Waals surface area contributed by atoms with E-state index in [1.165, 1.54) is 6.07 Å². The van der Waals surface area contributed by atoms with Gasteiger partial charge in [-0.25, -0.2) is 13.6 Å². The Kier molecular flexibility index (Phi) is 7.04. The second kappa shape index (κ2) is 8.53.